The molecule has 30 heavy (non-hydrogen) atoms. The number of aromatic nitrogens is 1. The van der Waals surface area contributed by atoms with Crippen molar-refractivity contribution >= 4 is 21.7 Å². The molecule has 7 nitrogen and oxygen atoms in total. The molecular formula is C20H21F2N3O4S. The van der Waals surface area contributed by atoms with Gasteiger partial charge in [-0.2, -0.15) is 4.31 Å². The Morgan fingerprint density at radius 2 is 1.90 bits per heavy atom. The predicted octanol–water partition coefficient (Wildman–Crippen LogP) is 2.10. The third kappa shape index (κ3) is 4.71. The molecule has 1 aromatic heterocycles. The molecule has 1 aromatic carbocycles. The number of rotatable bonds is 6. The van der Waals surface area contributed by atoms with E-state index in [9.17, 15) is 26.8 Å². The van der Waals surface area contributed by atoms with E-state index < -0.39 is 39.3 Å². The number of likely N-dealkylation sites (N-methyl/N-ethyl adjacent to an activating group) is 1. The van der Waals surface area contributed by atoms with Gasteiger partial charge in [0.25, 0.3) is 0 Å². The number of carbonyl (C=O) groups excluding carboxylic acids is 2. The molecule has 10 heteroatoms. The van der Waals surface area contributed by atoms with Crippen LogP contribution in [0.25, 0.3) is 0 Å². The fraction of sp³-hybridized carbons (Fsp3) is 0.350. The zero-order valence-corrected chi connectivity index (χ0v) is 17.1. The molecule has 0 spiro atoms. The Morgan fingerprint density at radius 3 is 2.53 bits per heavy atom. The quantitative estimate of drug-likeness (QED) is 0.646. The number of piperidine rings is 1. The summed E-state index contributed by atoms with van der Waals surface area (Å²) in [5, 5.41) is 0. The molecule has 2 heterocycles. The van der Waals surface area contributed by atoms with Crippen LogP contribution in [0, 0.1) is 17.6 Å². The molecule has 0 N–H and O–H groups in total. The summed E-state index contributed by atoms with van der Waals surface area (Å²) in [7, 11) is -2.54. The van der Waals surface area contributed by atoms with E-state index in [0.717, 1.165) is 22.5 Å². The molecule has 1 aliphatic heterocycles. The van der Waals surface area contributed by atoms with E-state index in [1.807, 2.05) is 0 Å². The number of hydrogen-bond acceptors (Lipinski definition) is 5. The second-order valence-corrected chi connectivity index (χ2v) is 9.14. The second-order valence-electron chi connectivity index (χ2n) is 7.09. The van der Waals surface area contributed by atoms with Crippen LogP contribution >= 0.6 is 0 Å². The van der Waals surface area contributed by atoms with Gasteiger partial charge in [-0.05, 0) is 43.2 Å². The molecule has 3 rings (SSSR count). The largest absolute Gasteiger partial charge is 0.342 e. The van der Waals surface area contributed by atoms with Crippen molar-refractivity contribution in [1.29, 1.82) is 0 Å². The number of benzene rings is 1. The number of amides is 1. The number of nitrogens with zero attached hydrogens (tertiary/aromatic N) is 3. The van der Waals surface area contributed by atoms with Gasteiger partial charge in [-0.1, -0.05) is 0 Å². The number of likely N-dealkylation sites (tertiary alicyclic amines) is 1. The Bertz CT molecular complexity index is 1040. The standard InChI is InChI=1S/C20H21F2N3O4S/c1-24(30(28,29)16-3-2-8-23-12-16)13-19(26)25-9-6-14(7-10-25)20(27)17-11-15(21)4-5-18(17)22/h2-5,8,11-12,14H,6-7,9-10,13H2,1H3. The third-order valence-corrected chi connectivity index (χ3v) is 6.90. The van der Waals surface area contributed by atoms with Gasteiger partial charge in [0, 0.05) is 38.4 Å². The van der Waals surface area contributed by atoms with E-state index in [1.54, 1.807) is 0 Å². The molecule has 0 bridgehead atoms. The van der Waals surface area contributed by atoms with Gasteiger partial charge in [-0.15, -0.1) is 0 Å². The lowest BCUT2D eigenvalue weighted by Crippen LogP contribution is -2.45. The molecule has 1 aliphatic rings. The fourth-order valence-electron chi connectivity index (χ4n) is 3.35. The van der Waals surface area contributed by atoms with E-state index >= 15 is 0 Å². The van der Waals surface area contributed by atoms with Crippen molar-refractivity contribution < 1.29 is 26.8 Å². The number of sulfonamides is 1. The minimum Gasteiger partial charge on any atom is -0.342 e. The monoisotopic (exact) mass is 437 g/mol. The number of Topliss-reactive ketones (excluding diaryl/α,β-unsaturated/α-hetero) is 1. The van der Waals surface area contributed by atoms with Crippen LogP contribution in [0.15, 0.2) is 47.6 Å². The molecule has 1 fully saturated rings. The van der Waals surface area contributed by atoms with Crippen LogP contribution in [0.2, 0.25) is 0 Å². The topological polar surface area (TPSA) is 87.7 Å². The van der Waals surface area contributed by atoms with Crippen LogP contribution in [0.3, 0.4) is 0 Å². The number of ketones is 1. The van der Waals surface area contributed by atoms with Crippen molar-refractivity contribution in [2.75, 3.05) is 26.7 Å². The van der Waals surface area contributed by atoms with E-state index in [2.05, 4.69) is 4.98 Å². The summed E-state index contributed by atoms with van der Waals surface area (Å²) < 4.78 is 53.2. The minimum atomic E-state index is -3.85. The van der Waals surface area contributed by atoms with Crippen molar-refractivity contribution in [2.45, 2.75) is 17.7 Å². The molecule has 0 aliphatic carbocycles. The van der Waals surface area contributed by atoms with Gasteiger partial charge in [0.1, 0.15) is 16.5 Å². The van der Waals surface area contributed by atoms with Crippen molar-refractivity contribution in [2.24, 2.45) is 5.92 Å². The summed E-state index contributed by atoms with van der Waals surface area (Å²) in [6.07, 6.45) is 3.24. The summed E-state index contributed by atoms with van der Waals surface area (Å²) in [6, 6.07) is 5.63. The third-order valence-electron chi connectivity index (χ3n) is 5.11. The average Bonchev–Trinajstić information content (AvgIpc) is 2.75. The lowest BCUT2D eigenvalue weighted by Gasteiger charge is -2.32. The van der Waals surface area contributed by atoms with Crippen LogP contribution in [0.1, 0.15) is 23.2 Å². The van der Waals surface area contributed by atoms with E-state index in [4.69, 9.17) is 0 Å². The smallest absolute Gasteiger partial charge is 0.244 e. The molecule has 0 atom stereocenters. The van der Waals surface area contributed by atoms with E-state index in [-0.39, 0.29) is 30.1 Å². The van der Waals surface area contributed by atoms with Crippen LogP contribution in [-0.4, -0.2) is 61.0 Å². The van der Waals surface area contributed by atoms with Crippen molar-refractivity contribution in [3.63, 3.8) is 0 Å². The average molecular weight is 437 g/mol. The highest BCUT2D eigenvalue weighted by Crippen LogP contribution is 2.24. The molecule has 1 amide bonds. The highest BCUT2D eigenvalue weighted by atomic mass is 32.2. The maximum absolute atomic E-state index is 13.9. The molecule has 1 saturated heterocycles. The number of pyridine rings is 1. The molecular weight excluding hydrogens is 416 g/mol. The first kappa shape index (κ1) is 22.0. The second kappa shape index (κ2) is 8.97. The molecule has 2 aromatic rings. The summed E-state index contributed by atoms with van der Waals surface area (Å²) in [5.74, 6) is -2.88. The van der Waals surface area contributed by atoms with Gasteiger partial charge >= 0.3 is 0 Å². The van der Waals surface area contributed by atoms with Crippen molar-refractivity contribution in [3.05, 3.63) is 59.9 Å². The first-order chi connectivity index (χ1) is 14.2. The van der Waals surface area contributed by atoms with Crippen LogP contribution < -0.4 is 0 Å². The van der Waals surface area contributed by atoms with E-state index in [1.165, 1.54) is 36.5 Å². The van der Waals surface area contributed by atoms with Gasteiger partial charge in [-0.3, -0.25) is 14.6 Å². The Labute approximate surface area is 173 Å². The van der Waals surface area contributed by atoms with Gasteiger partial charge in [0.05, 0.1) is 12.1 Å². The van der Waals surface area contributed by atoms with Gasteiger partial charge < -0.3 is 4.90 Å². The first-order valence-corrected chi connectivity index (χ1v) is 10.8. The summed E-state index contributed by atoms with van der Waals surface area (Å²) in [5.41, 5.74) is -0.290. The Kier molecular flexibility index (Phi) is 6.57. The van der Waals surface area contributed by atoms with Crippen LogP contribution in [-0.2, 0) is 14.8 Å². The lowest BCUT2D eigenvalue weighted by atomic mass is 9.88. The zero-order valence-electron chi connectivity index (χ0n) is 16.3. The minimum absolute atomic E-state index is 0.0123. The Hall–Kier alpha value is -2.72. The highest BCUT2D eigenvalue weighted by Gasteiger charge is 2.31. The molecule has 160 valence electrons. The van der Waals surface area contributed by atoms with Gasteiger partial charge in [-0.25, -0.2) is 17.2 Å². The predicted molar refractivity (Wildman–Crippen MR) is 104 cm³/mol. The fourth-order valence-corrected chi connectivity index (χ4v) is 4.44. The van der Waals surface area contributed by atoms with Crippen molar-refractivity contribution in [1.82, 2.24) is 14.2 Å². The normalized spacial score (nSPS) is 15.4. The number of halogens is 2. The molecule has 0 saturated carbocycles. The summed E-state index contributed by atoms with van der Waals surface area (Å²) in [6.45, 7) is 0.105. The zero-order chi connectivity index (χ0) is 21.9. The lowest BCUT2D eigenvalue weighted by molar-refractivity contribution is -0.132. The Morgan fingerprint density at radius 1 is 1.20 bits per heavy atom. The SMILES string of the molecule is CN(CC(=O)N1CCC(C(=O)c2cc(F)ccc2F)CC1)S(=O)(=O)c1cccnc1. The maximum atomic E-state index is 13.9. The van der Waals surface area contributed by atoms with Gasteiger partial charge in [0.2, 0.25) is 15.9 Å². The number of carbonyl (C=O) groups is 2. The maximum Gasteiger partial charge on any atom is 0.244 e. The van der Waals surface area contributed by atoms with Gasteiger partial charge in [0.15, 0.2) is 5.78 Å². The summed E-state index contributed by atoms with van der Waals surface area (Å²) >= 11 is 0. The summed E-state index contributed by atoms with van der Waals surface area (Å²) in [4.78, 5) is 30.3. The van der Waals surface area contributed by atoms with Crippen LogP contribution in [0.4, 0.5) is 8.78 Å². The Balaban J connectivity index is 1.59. The van der Waals surface area contributed by atoms with Crippen LogP contribution in [0.5, 0.6) is 0 Å². The number of hydrogen-bond donors (Lipinski definition) is 0. The molecule has 0 radical (unpaired) electrons. The van der Waals surface area contributed by atoms with E-state index in [0.29, 0.717) is 12.8 Å². The first-order valence-electron chi connectivity index (χ1n) is 9.33. The van der Waals surface area contributed by atoms with Crippen molar-refractivity contribution in [3.8, 4) is 0 Å². The highest BCUT2D eigenvalue weighted by molar-refractivity contribution is 7.89. The molecule has 0 unspecified atom stereocenters.